The Morgan fingerprint density at radius 3 is 2.41 bits per heavy atom. The standard InChI is InChI=1S/C20H31NO4SSi/c1-4-27(5-2,6-3)25-18-17(16-13-10-14-26-16)21(19(18)22)20(23)24-15-11-8-7-9-12-15/h10,13-15,17-18H,4-9,11-12H2,1-3H3. The van der Waals surface area contributed by atoms with Gasteiger partial charge in [0.05, 0.1) is 0 Å². The summed E-state index contributed by atoms with van der Waals surface area (Å²) >= 11 is 1.56. The lowest BCUT2D eigenvalue weighted by Gasteiger charge is -2.47. The highest BCUT2D eigenvalue weighted by Gasteiger charge is 2.56. The number of amides is 2. The van der Waals surface area contributed by atoms with E-state index in [-0.39, 0.29) is 18.1 Å². The fourth-order valence-corrected chi connectivity index (χ4v) is 7.78. The zero-order valence-electron chi connectivity index (χ0n) is 16.6. The molecule has 2 unspecified atom stereocenters. The van der Waals surface area contributed by atoms with Crippen LogP contribution in [0.15, 0.2) is 17.5 Å². The number of thiophene rings is 1. The Kier molecular flexibility index (Phi) is 6.76. The van der Waals surface area contributed by atoms with Crippen LogP contribution in [0.2, 0.25) is 18.1 Å². The molecular weight excluding hydrogens is 378 g/mol. The van der Waals surface area contributed by atoms with Gasteiger partial charge in [0.2, 0.25) is 0 Å². The molecule has 5 nitrogen and oxygen atoms in total. The fraction of sp³-hybridized carbons (Fsp3) is 0.700. The molecule has 0 radical (unpaired) electrons. The minimum absolute atomic E-state index is 0.0570. The van der Waals surface area contributed by atoms with Crippen molar-refractivity contribution < 1.29 is 18.8 Å². The van der Waals surface area contributed by atoms with E-state index < -0.39 is 20.5 Å². The number of hydrogen-bond donors (Lipinski definition) is 0. The second-order valence-corrected chi connectivity index (χ2v) is 13.3. The van der Waals surface area contributed by atoms with Gasteiger partial charge in [-0.2, -0.15) is 0 Å². The van der Waals surface area contributed by atoms with Crippen molar-refractivity contribution in [1.29, 1.82) is 0 Å². The van der Waals surface area contributed by atoms with E-state index in [1.807, 2.05) is 17.5 Å². The van der Waals surface area contributed by atoms with Crippen LogP contribution >= 0.6 is 11.3 Å². The van der Waals surface area contributed by atoms with Crippen molar-refractivity contribution in [3.8, 4) is 0 Å². The number of ether oxygens (including phenoxy) is 1. The van der Waals surface area contributed by atoms with E-state index >= 15 is 0 Å². The smallest absolute Gasteiger partial charge is 0.417 e. The molecule has 2 amide bonds. The van der Waals surface area contributed by atoms with E-state index in [1.165, 1.54) is 11.3 Å². The van der Waals surface area contributed by atoms with Gasteiger partial charge >= 0.3 is 6.09 Å². The first-order valence-corrected chi connectivity index (χ1v) is 13.7. The lowest BCUT2D eigenvalue weighted by molar-refractivity contribution is -0.161. The number of hydrogen-bond acceptors (Lipinski definition) is 5. The minimum Gasteiger partial charge on any atom is -0.446 e. The largest absolute Gasteiger partial charge is 0.446 e. The highest BCUT2D eigenvalue weighted by molar-refractivity contribution is 7.10. The van der Waals surface area contributed by atoms with Gasteiger partial charge in [0.25, 0.3) is 5.91 Å². The lowest BCUT2D eigenvalue weighted by atomic mass is 9.96. The van der Waals surface area contributed by atoms with Crippen molar-refractivity contribution in [1.82, 2.24) is 4.90 Å². The fourth-order valence-electron chi connectivity index (χ4n) is 4.17. The normalized spacial score (nSPS) is 24.0. The third-order valence-corrected chi connectivity index (χ3v) is 11.8. The van der Waals surface area contributed by atoms with Crippen LogP contribution in [0.25, 0.3) is 0 Å². The molecule has 2 aliphatic rings. The van der Waals surface area contributed by atoms with Gasteiger partial charge in [-0.05, 0) is 55.3 Å². The third-order valence-electron chi connectivity index (χ3n) is 6.21. The monoisotopic (exact) mass is 409 g/mol. The predicted octanol–water partition coefficient (Wildman–Crippen LogP) is 5.49. The third kappa shape index (κ3) is 4.15. The molecule has 2 fully saturated rings. The highest BCUT2D eigenvalue weighted by Crippen LogP contribution is 2.42. The number of β-lactam (4-membered cyclic amide) rings is 1. The maximum absolute atomic E-state index is 12.9. The van der Waals surface area contributed by atoms with Gasteiger partial charge in [-0.25, -0.2) is 9.69 Å². The van der Waals surface area contributed by atoms with Gasteiger partial charge in [0.1, 0.15) is 12.1 Å². The average molecular weight is 410 g/mol. The molecule has 1 aromatic heterocycles. The minimum atomic E-state index is -1.95. The van der Waals surface area contributed by atoms with Gasteiger partial charge < -0.3 is 9.16 Å². The summed E-state index contributed by atoms with van der Waals surface area (Å²) in [5, 5.41) is 1.98. The van der Waals surface area contributed by atoms with Gasteiger partial charge in [-0.15, -0.1) is 11.3 Å². The molecule has 1 aliphatic carbocycles. The van der Waals surface area contributed by atoms with Crippen molar-refractivity contribution in [3.05, 3.63) is 22.4 Å². The molecule has 2 heterocycles. The van der Waals surface area contributed by atoms with Crippen LogP contribution in [-0.2, 0) is 14.0 Å². The second kappa shape index (κ2) is 8.88. The maximum Gasteiger partial charge on any atom is 0.417 e. The molecule has 1 saturated heterocycles. The quantitative estimate of drug-likeness (QED) is 0.441. The maximum atomic E-state index is 12.9. The summed E-state index contributed by atoms with van der Waals surface area (Å²) in [6.45, 7) is 6.45. The number of imide groups is 1. The molecule has 0 spiro atoms. The Labute approximate surface area is 167 Å². The van der Waals surface area contributed by atoms with E-state index in [0.717, 1.165) is 48.7 Å². The summed E-state index contributed by atoms with van der Waals surface area (Å²) in [6.07, 6.45) is 4.06. The summed E-state index contributed by atoms with van der Waals surface area (Å²) < 4.78 is 12.2. The van der Waals surface area contributed by atoms with Crippen molar-refractivity contribution in [2.75, 3.05) is 0 Å². The van der Waals surface area contributed by atoms with E-state index in [1.54, 1.807) is 11.3 Å². The Bertz CT molecular complexity index is 632. The molecular formula is C20H31NO4SSi. The zero-order chi connectivity index (χ0) is 19.4. The van der Waals surface area contributed by atoms with Gasteiger partial charge in [-0.1, -0.05) is 33.3 Å². The predicted molar refractivity (Wildman–Crippen MR) is 109 cm³/mol. The average Bonchev–Trinajstić information content (AvgIpc) is 3.22. The molecule has 1 aliphatic heterocycles. The highest BCUT2D eigenvalue weighted by atomic mass is 32.1. The van der Waals surface area contributed by atoms with E-state index in [9.17, 15) is 9.59 Å². The molecule has 0 bridgehead atoms. The number of carbonyl (C=O) groups excluding carboxylic acids is 2. The number of rotatable bonds is 7. The molecule has 0 N–H and O–H groups in total. The summed E-state index contributed by atoms with van der Waals surface area (Å²) in [5.74, 6) is -0.235. The SMILES string of the molecule is CC[Si](CC)(CC)OC1C(=O)N(C(=O)OC2CCCCC2)C1c1cccs1. The number of nitrogens with zero attached hydrogens (tertiary/aromatic N) is 1. The first-order valence-electron chi connectivity index (χ1n) is 10.3. The summed E-state index contributed by atoms with van der Waals surface area (Å²) in [6, 6.07) is 6.53. The van der Waals surface area contributed by atoms with Crippen LogP contribution in [0, 0.1) is 0 Å². The molecule has 7 heteroatoms. The van der Waals surface area contributed by atoms with Crippen molar-refractivity contribution in [2.45, 2.75) is 89.3 Å². The molecule has 1 saturated carbocycles. The van der Waals surface area contributed by atoms with Crippen LogP contribution in [-0.4, -0.2) is 37.4 Å². The van der Waals surface area contributed by atoms with Crippen molar-refractivity contribution in [3.63, 3.8) is 0 Å². The molecule has 0 aromatic carbocycles. The van der Waals surface area contributed by atoms with Crippen molar-refractivity contribution in [2.24, 2.45) is 0 Å². The van der Waals surface area contributed by atoms with Crippen molar-refractivity contribution >= 4 is 31.7 Å². The lowest BCUT2D eigenvalue weighted by Crippen LogP contribution is -2.64. The molecule has 150 valence electrons. The summed E-state index contributed by atoms with van der Waals surface area (Å²) in [4.78, 5) is 28.0. The molecule has 2 atom stereocenters. The Morgan fingerprint density at radius 1 is 1.19 bits per heavy atom. The molecule has 27 heavy (non-hydrogen) atoms. The Balaban J connectivity index is 1.76. The molecule has 1 aromatic rings. The molecule has 3 rings (SSSR count). The van der Waals surface area contributed by atoms with Crippen LogP contribution in [0.1, 0.15) is 63.8 Å². The van der Waals surface area contributed by atoms with Crippen LogP contribution in [0.5, 0.6) is 0 Å². The number of likely N-dealkylation sites (tertiary alicyclic amines) is 1. The van der Waals surface area contributed by atoms with Crippen LogP contribution in [0.3, 0.4) is 0 Å². The number of carbonyl (C=O) groups is 2. The Morgan fingerprint density at radius 2 is 1.85 bits per heavy atom. The zero-order valence-corrected chi connectivity index (χ0v) is 18.4. The topological polar surface area (TPSA) is 55.8 Å². The van der Waals surface area contributed by atoms with Gasteiger partial charge in [0.15, 0.2) is 14.4 Å². The van der Waals surface area contributed by atoms with Crippen LogP contribution < -0.4 is 0 Å². The van der Waals surface area contributed by atoms with E-state index in [2.05, 4.69) is 20.8 Å². The summed E-state index contributed by atoms with van der Waals surface area (Å²) in [7, 11) is -1.95. The Hall–Kier alpha value is -1.18. The summed E-state index contributed by atoms with van der Waals surface area (Å²) in [5.41, 5.74) is 0. The van der Waals surface area contributed by atoms with Crippen LogP contribution in [0.4, 0.5) is 4.79 Å². The first kappa shape index (κ1) is 20.5. The van der Waals surface area contributed by atoms with E-state index in [4.69, 9.17) is 9.16 Å². The first-order chi connectivity index (χ1) is 13.0. The van der Waals surface area contributed by atoms with Gasteiger partial charge in [-0.3, -0.25) is 4.79 Å². The second-order valence-electron chi connectivity index (χ2n) is 7.59. The van der Waals surface area contributed by atoms with Gasteiger partial charge in [0, 0.05) is 4.88 Å². The van der Waals surface area contributed by atoms with E-state index in [0.29, 0.717) is 0 Å².